The van der Waals surface area contributed by atoms with Crippen molar-refractivity contribution in [2.75, 3.05) is 27.2 Å². The number of aliphatic hydroxyl groups is 1. The fraction of sp³-hybridized carbons (Fsp3) is 0.385. The number of carbonyl (C=O) groups is 1. The SMILES string of the molecule is CN(C)CC(O)CNC(=O)c1ccc(-n2cnnn2)cc1. The van der Waals surface area contributed by atoms with Crippen LogP contribution in [-0.4, -0.2) is 69.4 Å². The minimum absolute atomic E-state index is 0.214. The average molecular weight is 290 g/mol. The van der Waals surface area contributed by atoms with E-state index < -0.39 is 6.10 Å². The molecule has 1 aromatic heterocycles. The van der Waals surface area contributed by atoms with Crippen molar-refractivity contribution in [3.8, 4) is 5.69 Å². The molecule has 2 rings (SSSR count). The first-order valence-corrected chi connectivity index (χ1v) is 6.50. The highest BCUT2D eigenvalue weighted by Crippen LogP contribution is 2.07. The van der Waals surface area contributed by atoms with Crippen molar-refractivity contribution in [1.29, 1.82) is 0 Å². The summed E-state index contributed by atoms with van der Waals surface area (Å²) in [4.78, 5) is 13.8. The van der Waals surface area contributed by atoms with E-state index in [4.69, 9.17) is 0 Å². The van der Waals surface area contributed by atoms with Gasteiger partial charge in [-0.3, -0.25) is 4.79 Å². The van der Waals surface area contributed by atoms with Gasteiger partial charge in [-0.2, -0.15) is 0 Å². The van der Waals surface area contributed by atoms with Crippen LogP contribution in [0.4, 0.5) is 0 Å². The summed E-state index contributed by atoms with van der Waals surface area (Å²) >= 11 is 0. The van der Waals surface area contributed by atoms with Gasteiger partial charge in [0.1, 0.15) is 6.33 Å². The molecular formula is C13H18N6O2. The number of nitrogens with zero attached hydrogens (tertiary/aromatic N) is 5. The molecule has 0 saturated carbocycles. The van der Waals surface area contributed by atoms with E-state index in [0.29, 0.717) is 12.1 Å². The molecule has 0 saturated heterocycles. The van der Waals surface area contributed by atoms with Gasteiger partial charge in [0.2, 0.25) is 0 Å². The largest absolute Gasteiger partial charge is 0.390 e. The Balaban J connectivity index is 1.91. The maximum Gasteiger partial charge on any atom is 0.251 e. The molecule has 0 aliphatic rings. The van der Waals surface area contributed by atoms with Crippen LogP contribution in [0.25, 0.3) is 5.69 Å². The van der Waals surface area contributed by atoms with Gasteiger partial charge in [0.15, 0.2) is 0 Å². The molecule has 21 heavy (non-hydrogen) atoms. The molecule has 8 nitrogen and oxygen atoms in total. The number of aliphatic hydroxyl groups excluding tert-OH is 1. The third kappa shape index (κ3) is 4.33. The topological polar surface area (TPSA) is 96.2 Å². The van der Waals surface area contributed by atoms with E-state index in [1.54, 1.807) is 24.3 Å². The van der Waals surface area contributed by atoms with Crippen LogP contribution in [0, 0.1) is 0 Å². The van der Waals surface area contributed by atoms with Crippen LogP contribution in [-0.2, 0) is 0 Å². The van der Waals surface area contributed by atoms with E-state index >= 15 is 0 Å². The molecule has 0 fully saturated rings. The van der Waals surface area contributed by atoms with Gasteiger partial charge in [0.25, 0.3) is 5.91 Å². The van der Waals surface area contributed by atoms with Crippen molar-refractivity contribution < 1.29 is 9.90 Å². The predicted octanol–water partition coefficient (Wildman–Crippen LogP) is -0.685. The van der Waals surface area contributed by atoms with Crippen molar-refractivity contribution in [3.05, 3.63) is 36.2 Å². The van der Waals surface area contributed by atoms with Gasteiger partial charge in [0.05, 0.1) is 11.8 Å². The van der Waals surface area contributed by atoms with Gasteiger partial charge in [-0.15, -0.1) is 5.10 Å². The molecule has 2 aromatic rings. The second kappa shape index (κ2) is 6.91. The summed E-state index contributed by atoms with van der Waals surface area (Å²) in [7, 11) is 3.73. The molecule has 0 bridgehead atoms. The molecule has 0 aliphatic carbocycles. The first-order chi connectivity index (χ1) is 10.1. The van der Waals surface area contributed by atoms with Crippen LogP contribution in [0.3, 0.4) is 0 Å². The number of hydrogen-bond donors (Lipinski definition) is 2. The predicted molar refractivity (Wildman–Crippen MR) is 76.0 cm³/mol. The molecule has 0 radical (unpaired) electrons. The smallest absolute Gasteiger partial charge is 0.251 e. The van der Waals surface area contributed by atoms with Crippen molar-refractivity contribution in [3.63, 3.8) is 0 Å². The molecular weight excluding hydrogens is 272 g/mol. The lowest BCUT2D eigenvalue weighted by molar-refractivity contribution is 0.0892. The molecule has 1 atom stereocenters. The van der Waals surface area contributed by atoms with Crippen LogP contribution in [0.2, 0.25) is 0 Å². The van der Waals surface area contributed by atoms with Gasteiger partial charge < -0.3 is 15.3 Å². The van der Waals surface area contributed by atoms with E-state index in [9.17, 15) is 9.90 Å². The Kier molecular flexibility index (Phi) is 4.96. The van der Waals surface area contributed by atoms with E-state index in [0.717, 1.165) is 5.69 Å². The van der Waals surface area contributed by atoms with Gasteiger partial charge in [0, 0.05) is 18.7 Å². The molecule has 1 amide bonds. The van der Waals surface area contributed by atoms with Crippen LogP contribution in [0.15, 0.2) is 30.6 Å². The lowest BCUT2D eigenvalue weighted by Crippen LogP contribution is -2.37. The monoisotopic (exact) mass is 290 g/mol. The fourth-order valence-electron chi connectivity index (χ4n) is 1.84. The Morgan fingerprint density at radius 3 is 2.67 bits per heavy atom. The van der Waals surface area contributed by atoms with Crippen molar-refractivity contribution >= 4 is 5.91 Å². The van der Waals surface area contributed by atoms with E-state index in [1.807, 2.05) is 19.0 Å². The Hall–Kier alpha value is -2.32. The summed E-state index contributed by atoms with van der Waals surface area (Å²) in [5.41, 5.74) is 1.29. The number of amides is 1. The Labute approximate surface area is 122 Å². The number of tetrazole rings is 1. The molecule has 0 aliphatic heterocycles. The highest BCUT2D eigenvalue weighted by atomic mass is 16.3. The third-order valence-electron chi connectivity index (χ3n) is 2.82. The third-order valence-corrected chi connectivity index (χ3v) is 2.82. The average Bonchev–Trinajstić information content (AvgIpc) is 2.98. The summed E-state index contributed by atoms with van der Waals surface area (Å²) in [5.74, 6) is -0.226. The van der Waals surface area contributed by atoms with Crippen LogP contribution >= 0.6 is 0 Å². The quantitative estimate of drug-likeness (QED) is 0.731. The fourth-order valence-corrected chi connectivity index (χ4v) is 1.84. The molecule has 1 heterocycles. The first kappa shape index (κ1) is 15.1. The number of rotatable bonds is 6. The maximum atomic E-state index is 11.9. The highest BCUT2D eigenvalue weighted by molar-refractivity contribution is 5.94. The summed E-state index contributed by atoms with van der Waals surface area (Å²) in [6.07, 6.45) is 0.886. The number of carbonyl (C=O) groups excluding carboxylic acids is 1. The Bertz CT molecular complexity index is 567. The standard InChI is InChI=1S/C13H18N6O2/c1-18(2)8-12(20)7-14-13(21)10-3-5-11(6-4-10)19-9-15-16-17-19/h3-6,9,12,20H,7-8H2,1-2H3,(H,14,21). The number of likely N-dealkylation sites (N-methyl/N-ethyl adjacent to an activating group) is 1. The van der Waals surface area contributed by atoms with Crippen LogP contribution < -0.4 is 5.32 Å². The second-order valence-corrected chi connectivity index (χ2v) is 4.93. The van der Waals surface area contributed by atoms with Crippen molar-refractivity contribution in [2.24, 2.45) is 0 Å². The number of nitrogens with one attached hydrogen (secondary N) is 1. The minimum atomic E-state index is -0.593. The van der Waals surface area contributed by atoms with Crippen LogP contribution in [0.5, 0.6) is 0 Å². The zero-order valence-corrected chi connectivity index (χ0v) is 12.0. The zero-order valence-electron chi connectivity index (χ0n) is 12.0. The molecule has 0 spiro atoms. The van der Waals surface area contributed by atoms with Crippen molar-refractivity contribution in [1.82, 2.24) is 30.4 Å². The van der Waals surface area contributed by atoms with Gasteiger partial charge in [-0.25, -0.2) is 4.68 Å². The summed E-state index contributed by atoms with van der Waals surface area (Å²) in [5, 5.41) is 23.3. The van der Waals surface area contributed by atoms with Crippen LogP contribution in [0.1, 0.15) is 10.4 Å². The number of hydrogen-bond acceptors (Lipinski definition) is 6. The lowest BCUT2D eigenvalue weighted by Gasteiger charge is -2.16. The molecule has 2 N–H and O–H groups in total. The summed E-state index contributed by atoms with van der Waals surface area (Å²) in [6, 6.07) is 6.87. The Morgan fingerprint density at radius 2 is 2.10 bits per heavy atom. The van der Waals surface area contributed by atoms with Crippen molar-refractivity contribution in [2.45, 2.75) is 6.10 Å². The van der Waals surface area contributed by atoms with Gasteiger partial charge in [-0.1, -0.05) is 0 Å². The normalized spacial score (nSPS) is 12.4. The molecule has 1 unspecified atom stereocenters. The molecule has 112 valence electrons. The number of benzene rings is 1. The summed E-state index contributed by atoms with van der Waals surface area (Å²) in [6.45, 7) is 0.713. The molecule has 1 aromatic carbocycles. The minimum Gasteiger partial charge on any atom is -0.390 e. The maximum absolute atomic E-state index is 11.9. The summed E-state index contributed by atoms with van der Waals surface area (Å²) < 4.78 is 1.50. The number of aromatic nitrogens is 4. The van der Waals surface area contributed by atoms with Gasteiger partial charge in [-0.05, 0) is 48.8 Å². The second-order valence-electron chi connectivity index (χ2n) is 4.93. The van der Waals surface area contributed by atoms with Gasteiger partial charge >= 0.3 is 0 Å². The highest BCUT2D eigenvalue weighted by Gasteiger charge is 2.10. The lowest BCUT2D eigenvalue weighted by atomic mass is 10.2. The van der Waals surface area contributed by atoms with E-state index in [1.165, 1.54) is 11.0 Å². The molecule has 8 heteroatoms. The van der Waals surface area contributed by atoms with E-state index in [-0.39, 0.29) is 12.5 Å². The van der Waals surface area contributed by atoms with E-state index in [2.05, 4.69) is 20.8 Å². The zero-order chi connectivity index (χ0) is 15.2. The Morgan fingerprint density at radius 1 is 1.38 bits per heavy atom. The first-order valence-electron chi connectivity index (χ1n) is 6.50.